The number of nitrogens with one attached hydrogen (secondary N) is 1. The molecule has 1 atom stereocenters. The Morgan fingerprint density at radius 3 is 3.07 bits per heavy atom. The predicted octanol–water partition coefficient (Wildman–Crippen LogP) is 2.24. The molecule has 1 N–H and O–H groups in total. The zero-order valence-electron chi connectivity index (χ0n) is 9.12. The molecule has 1 aromatic carbocycles. The van der Waals surface area contributed by atoms with Gasteiger partial charge >= 0.3 is 0 Å². The average molecular weight is 203 g/mol. The first-order valence-electron chi connectivity index (χ1n) is 5.68. The van der Waals surface area contributed by atoms with Gasteiger partial charge in [-0.2, -0.15) is 0 Å². The smallest absolute Gasteiger partial charge is 0.227 e. The summed E-state index contributed by atoms with van der Waals surface area (Å²) < 4.78 is 0. The van der Waals surface area contributed by atoms with Crippen LogP contribution in [0.15, 0.2) is 24.3 Å². The maximum atomic E-state index is 11.9. The van der Waals surface area contributed by atoms with Crippen molar-refractivity contribution < 1.29 is 4.79 Å². The van der Waals surface area contributed by atoms with Crippen LogP contribution in [0.2, 0.25) is 0 Å². The second-order valence-electron chi connectivity index (χ2n) is 4.08. The molecule has 80 valence electrons. The molecule has 0 spiro atoms. The molecule has 2 heteroatoms. The van der Waals surface area contributed by atoms with Crippen molar-refractivity contribution in [3.63, 3.8) is 0 Å². The fraction of sp³-hybridized carbons (Fsp3) is 0.462. The molecule has 0 aromatic heterocycles. The van der Waals surface area contributed by atoms with Crippen LogP contribution in [-0.4, -0.2) is 12.5 Å². The lowest BCUT2D eigenvalue weighted by Gasteiger charge is -2.11. The Kier molecular flexibility index (Phi) is 3.05. The van der Waals surface area contributed by atoms with E-state index >= 15 is 0 Å². The molecule has 0 fully saturated rings. The first kappa shape index (κ1) is 10.2. The third kappa shape index (κ3) is 2.04. The number of benzene rings is 1. The lowest BCUT2D eigenvalue weighted by atomic mass is 10.0. The van der Waals surface area contributed by atoms with Crippen LogP contribution < -0.4 is 5.32 Å². The number of amides is 1. The van der Waals surface area contributed by atoms with Gasteiger partial charge in [0.05, 0.1) is 5.92 Å². The molecular formula is C13H17NO. The lowest BCUT2D eigenvalue weighted by molar-refractivity contribution is -0.122. The van der Waals surface area contributed by atoms with Gasteiger partial charge < -0.3 is 5.32 Å². The van der Waals surface area contributed by atoms with Crippen LogP contribution in [-0.2, 0) is 11.2 Å². The normalized spacial score (nSPS) is 18.6. The Morgan fingerprint density at radius 1 is 1.47 bits per heavy atom. The van der Waals surface area contributed by atoms with Crippen LogP contribution in [0.25, 0.3) is 0 Å². The second-order valence-corrected chi connectivity index (χ2v) is 4.08. The molecule has 1 unspecified atom stereocenters. The summed E-state index contributed by atoms with van der Waals surface area (Å²) in [7, 11) is 0. The zero-order valence-corrected chi connectivity index (χ0v) is 9.12. The van der Waals surface area contributed by atoms with Crippen LogP contribution in [0.1, 0.15) is 36.8 Å². The van der Waals surface area contributed by atoms with E-state index < -0.39 is 0 Å². The number of aryl methyl sites for hydroxylation is 1. The fourth-order valence-electron chi connectivity index (χ4n) is 2.20. The summed E-state index contributed by atoms with van der Waals surface area (Å²) in [6.07, 6.45) is 3.01. The zero-order chi connectivity index (χ0) is 10.7. The molecular weight excluding hydrogens is 186 g/mol. The minimum atomic E-state index is 0.0905. The fourth-order valence-corrected chi connectivity index (χ4v) is 2.20. The Hall–Kier alpha value is -1.31. The van der Waals surface area contributed by atoms with Crippen LogP contribution in [0.4, 0.5) is 0 Å². The highest BCUT2D eigenvalue weighted by Gasteiger charge is 2.27. The van der Waals surface area contributed by atoms with E-state index in [1.54, 1.807) is 0 Å². The van der Waals surface area contributed by atoms with Gasteiger partial charge in [-0.1, -0.05) is 31.2 Å². The highest BCUT2D eigenvalue weighted by Crippen LogP contribution is 2.32. The predicted molar refractivity (Wildman–Crippen MR) is 60.8 cm³/mol. The minimum Gasteiger partial charge on any atom is -0.356 e. The van der Waals surface area contributed by atoms with Crippen LogP contribution in [0.5, 0.6) is 0 Å². The van der Waals surface area contributed by atoms with Gasteiger partial charge in [0.25, 0.3) is 0 Å². The Balaban J connectivity index is 2.10. The van der Waals surface area contributed by atoms with Crippen molar-refractivity contribution >= 4 is 5.91 Å². The number of fused-ring (bicyclic) bond motifs is 1. The van der Waals surface area contributed by atoms with Gasteiger partial charge in [-0.3, -0.25) is 4.79 Å². The molecule has 2 nitrogen and oxygen atoms in total. The highest BCUT2D eigenvalue weighted by molar-refractivity contribution is 5.84. The van der Waals surface area contributed by atoms with E-state index in [-0.39, 0.29) is 11.8 Å². The summed E-state index contributed by atoms with van der Waals surface area (Å²) in [6, 6.07) is 8.27. The number of hydrogen-bond donors (Lipinski definition) is 1. The Labute approximate surface area is 90.7 Å². The minimum absolute atomic E-state index is 0.0905. The molecule has 0 bridgehead atoms. The first-order valence-corrected chi connectivity index (χ1v) is 5.68. The molecule has 0 radical (unpaired) electrons. The van der Waals surface area contributed by atoms with Gasteiger partial charge in [-0.15, -0.1) is 0 Å². The van der Waals surface area contributed by atoms with Crippen molar-refractivity contribution in [2.75, 3.05) is 6.54 Å². The lowest BCUT2D eigenvalue weighted by Crippen LogP contribution is -2.28. The molecule has 1 aliphatic carbocycles. The molecule has 0 saturated heterocycles. The topological polar surface area (TPSA) is 29.1 Å². The number of rotatable bonds is 3. The van der Waals surface area contributed by atoms with Crippen LogP contribution in [0.3, 0.4) is 0 Å². The quantitative estimate of drug-likeness (QED) is 0.802. The second kappa shape index (κ2) is 4.47. The number of carbonyl (C=O) groups is 1. The summed E-state index contributed by atoms with van der Waals surface area (Å²) in [5, 5.41) is 2.98. The third-order valence-corrected chi connectivity index (χ3v) is 3.00. The van der Waals surface area contributed by atoms with E-state index in [2.05, 4.69) is 24.4 Å². The molecule has 1 amide bonds. The monoisotopic (exact) mass is 203 g/mol. The van der Waals surface area contributed by atoms with Crippen LogP contribution >= 0.6 is 0 Å². The van der Waals surface area contributed by atoms with Crippen LogP contribution in [0, 0.1) is 0 Å². The van der Waals surface area contributed by atoms with Crippen molar-refractivity contribution in [2.45, 2.75) is 32.1 Å². The van der Waals surface area contributed by atoms with Gasteiger partial charge in [-0.05, 0) is 30.4 Å². The Bertz CT molecular complexity index is 359. The third-order valence-electron chi connectivity index (χ3n) is 3.00. The molecule has 2 rings (SSSR count). The number of hydrogen-bond acceptors (Lipinski definition) is 1. The molecule has 1 aromatic rings. The van der Waals surface area contributed by atoms with Gasteiger partial charge in [0.15, 0.2) is 0 Å². The highest BCUT2D eigenvalue weighted by atomic mass is 16.1. The SMILES string of the molecule is CCCNC(=O)C1CCc2ccccc21. The van der Waals surface area contributed by atoms with Crippen molar-refractivity contribution in [2.24, 2.45) is 0 Å². The van der Waals surface area contributed by atoms with E-state index in [0.717, 1.165) is 25.8 Å². The standard InChI is InChI=1S/C13H17NO/c1-2-9-14-13(15)12-8-7-10-5-3-4-6-11(10)12/h3-6,12H,2,7-9H2,1H3,(H,14,15). The van der Waals surface area contributed by atoms with E-state index in [1.807, 2.05) is 12.1 Å². The van der Waals surface area contributed by atoms with Crippen molar-refractivity contribution in [1.29, 1.82) is 0 Å². The van der Waals surface area contributed by atoms with Gasteiger partial charge in [0.1, 0.15) is 0 Å². The average Bonchev–Trinajstić information content (AvgIpc) is 2.69. The van der Waals surface area contributed by atoms with Crippen molar-refractivity contribution in [1.82, 2.24) is 5.32 Å². The first-order chi connectivity index (χ1) is 7.33. The molecule has 15 heavy (non-hydrogen) atoms. The summed E-state index contributed by atoms with van der Waals surface area (Å²) >= 11 is 0. The van der Waals surface area contributed by atoms with E-state index in [4.69, 9.17) is 0 Å². The van der Waals surface area contributed by atoms with E-state index in [0.29, 0.717) is 0 Å². The van der Waals surface area contributed by atoms with Gasteiger partial charge in [0, 0.05) is 6.54 Å². The van der Waals surface area contributed by atoms with Crippen molar-refractivity contribution in [3.8, 4) is 0 Å². The summed E-state index contributed by atoms with van der Waals surface area (Å²) in [6.45, 7) is 2.86. The number of carbonyl (C=O) groups excluding carboxylic acids is 1. The molecule has 0 aliphatic heterocycles. The summed E-state index contributed by atoms with van der Waals surface area (Å²) in [5.74, 6) is 0.287. The van der Waals surface area contributed by atoms with Gasteiger partial charge in [0.2, 0.25) is 5.91 Å². The maximum absolute atomic E-state index is 11.9. The largest absolute Gasteiger partial charge is 0.356 e. The van der Waals surface area contributed by atoms with Crippen molar-refractivity contribution in [3.05, 3.63) is 35.4 Å². The maximum Gasteiger partial charge on any atom is 0.227 e. The molecule has 0 saturated carbocycles. The van der Waals surface area contributed by atoms with E-state index in [1.165, 1.54) is 11.1 Å². The summed E-state index contributed by atoms with van der Waals surface area (Å²) in [5.41, 5.74) is 2.57. The van der Waals surface area contributed by atoms with E-state index in [9.17, 15) is 4.79 Å². The molecule has 0 heterocycles. The molecule has 1 aliphatic rings. The summed E-state index contributed by atoms with van der Waals surface area (Å²) in [4.78, 5) is 11.9. The van der Waals surface area contributed by atoms with Gasteiger partial charge in [-0.25, -0.2) is 0 Å². The Morgan fingerprint density at radius 2 is 2.27 bits per heavy atom.